The van der Waals surface area contributed by atoms with E-state index in [0.717, 1.165) is 11.4 Å². The first-order valence-corrected chi connectivity index (χ1v) is 11.9. The maximum atomic E-state index is 6.28. The average molecular weight is 450 g/mol. The van der Waals surface area contributed by atoms with Gasteiger partial charge >= 0.3 is 0 Å². The van der Waals surface area contributed by atoms with Crippen molar-refractivity contribution < 1.29 is 23.7 Å². The van der Waals surface area contributed by atoms with Crippen molar-refractivity contribution in [3.63, 3.8) is 0 Å². The molecule has 0 aromatic carbocycles. The summed E-state index contributed by atoms with van der Waals surface area (Å²) in [4.78, 5) is 2.41. The van der Waals surface area contributed by atoms with Crippen molar-refractivity contribution >= 4 is 22.7 Å². The van der Waals surface area contributed by atoms with E-state index in [-0.39, 0.29) is 6.23 Å². The monoisotopic (exact) mass is 449 g/mol. The van der Waals surface area contributed by atoms with E-state index in [1.807, 2.05) is 0 Å². The Morgan fingerprint density at radius 2 is 1.13 bits per heavy atom. The van der Waals surface area contributed by atoms with Crippen LogP contribution >= 0.6 is 22.7 Å². The molecule has 0 radical (unpaired) electrons. The smallest absolute Gasteiger partial charge is 0.158 e. The van der Waals surface area contributed by atoms with Gasteiger partial charge in [0.15, 0.2) is 6.23 Å². The molecule has 4 rings (SSSR count). The van der Waals surface area contributed by atoms with Crippen LogP contribution in [0.5, 0.6) is 0 Å². The number of hydrogen-bond acceptors (Lipinski definition) is 7. The second-order valence-corrected chi connectivity index (χ2v) is 8.56. The van der Waals surface area contributed by atoms with Crippen molar-refractivity contribution in [1.82, 2.24) is 4.57 Å². The van der Waals surface area contributed by atoms with Gasteiger partial charge < -0.3 is 28.3 Å². The molecule has 3 aromatic heterocycles. The van der Waals surface area contributed by atoms with Crippen LogP contribution < -0.4 is 0 Å². The van der Waals surface area contributed by atoms with Crippen LogP contribution in [0, 0.1) is 0 Å². The van der Waals surface area contributed by atoms with E-state index in [0.29, 0.717) is 59.5 Å². The van der Waals surface area contributed by atoms with Crippen molar-refractivity contribution in [2.45, 2.75) is 6.23 Å². The number of ether oxygens (including phenoxy) is 5. The summed E-state index contributed by atoms with van der Waals surface area (Å²) in [5.74, 6) is 0. The van der Waals surface area contributed by atoms with Gasteiger partial charge in [0.05, 0.1) is 80.6 Å². The molecule has 1 saturated heterocycles. The first-order valence-electron chi connectivity index (χ1n) is 10.1. The van der Waals surface area contributed by atoms with Crippen LogP contribution in [0.15, 0.2) is 47.2 Å². The zero-order valence-electron chi connectivity index (χ0n) is 16.9. The molecule has 6 nitrogen and oxygen atoms in total. The Balaban J connectivity index is 1.58. The standard InChI is InChI=1S/C22H27NO5S2/c1-3-20(29-15-1)18-5-6-19(21-4-2-16-30-21)23(18)22-17-27-12-11-25-8-7-24-9-10-26-13-14-28-22/h1-6,15-16,22H,7-14,17H2. The lowest BCUT2D eigenvalue weighted by molar-refractivity contribution is -0.0774. The van der Waals surface area contributed by atoms with Gasteiger partial charge in [0.1, 0.15) is 0 Å². The summed E-state index contributed by atoms with van der Waals surface area (Å²) in [6, 6.07) is 12.7. The third-order valence-corrected chi connectivity index (χ3v) is 6.45. The molecule has 1 unspecified atom stereocenters. The lowest BCUT2D eigenvalue weighted by Crippen LogP contribution is -2.23. The summed E-state index contributed by atoms with van der Waals surface area (Å²) >= 11 is 3.45. The molecule has 0 aliphatic carbocycles. The second-order valence-electron chi connectivity index (χ2n) is 6.67. The molecule has 0 spiro atoms. The summed E-state index contributed by atoms with van der Waals surface area (Å²) in [7, 11) is 0. The molecular formula is C22H27NO5S2. The van der Waals surface area contributed by atoms with Crippen LogP contribution in [0.25, 0.3) is 21.1 Å². The van der Waals surface area contributed by atoms with Gasteiger partial charge in [0.25, 0.3) is 0 Å². The van der Waals surface area contributed by atoms with Crippen LogP contribution in [0.3, 0.4) is 0 Å². The van der Waals surface area contributed by atoms with Crippen molar-refractivity contribution in [2.24, 2.45) is 0 Å². The van der Waals surface area contributed by atoms with Gasteiger partial charge in [-0.3, -0.25) is 0 Å². The molecule has 30 heavy (non-hydrogen) atoms. The fourth-order valence-electron chi connectivity index (χ4n) is 3.29. The maximum Gasteiger partial charge on any atom is 0.158 e. The molecule has 1 aliphatic heterocycles. The van der Waals surface area contributed by atoms with Crippen LogP contribution in [-0.2, 0) is 23.7 Å². The Morgan fingerprint density at radius 1 is 0.633 bits per heavy atom. The molecule has 1 fully saturated rings. The summed E-state index contributed by atoms with van der Waals surface area (Å²) in [5.41, 5.74) is 2.26. The molecule has 1 aliphatic rings. The highest BCUT2D eigenvalue weighted by Crippen LogP contribution is 2.36. The topological polar surface area (TPSA) is 51.1 Å². The van der Waals surface area contributed by atoms with Crippen LogP contribution in [0.4, 0.5) is 0 Å². The van der Waals surface area contributed by atoms with Gasteiger partial charge in [0.2, 0.25) is 0 Å². The lowest BCUT2D eigenvalue weighted by atomic mass is 10.3. The molecule has 3 aromatic rings. The number of thiophene rings is 2. The quantitative estimate of drug-likeness (QED) is 0.588. The fourth-order valence-corrected chi connectivity index (χ4v) is 4.79. The van der Waals surface area contributed by atoms with E-state index in [1.165, 1.54) is 9.75 Å². The molecular weight excluding hydrogens is 422 g/mol. The zero-order valence-corrected chi connectivity index (χ0v) is 18.5. The highest BCUT2D eigenvalue weighted by Gasteiger charge is 2.22. The number of nitrogens with zero attached hydrogens (tertiary/aromatic N) is 1. The second kappa shape index (κ2) is 11.8. The summed E-state index contributed by atoms with van der Waals surface area (Å²) in [6.07, 6.45) is -0.265. The van der Waals surface area contributed by atoms with Crippen LogP contribution in [0.1, 0.15) is 6.23 Å². The van der Waals surface area contributed by atoms with Crippen LogP contribution in [0.2, 0.25) is 0 Å². The maximum absolute atomic E-state index is 6.28. The number of aromatic nitrogens is 1. The lowest BCUT2D eigenvalue weighted by Gasteiger charge is -2.24. The van der Waals surface area contributed by atoms with Gasteiger partial charge in [-0.15, -0.1) is 22.7 Å². The highest BCUT2D eigenvalue weighted by molar-refractivity contribution is 7.14. The highest BCUT2D eigenvalue weighted by atomic mass is 32.1. The molecule has 0 bridgehead atoms. The summed E-state index contributed by atoms with van der Waals surface area (Å²) in [6.45, 7) is 4.73. The van der Waals surface area contributed by atoms with Gasteiger partial charge in [-0.05, 0) is 35.0 Å². The van der Waals surface area contributed by atoms with E-state index in [9.17, 15) is 0 Å². The minimum atomic E-state index is -0.265. The minimum Gasteiger partial charge on any atom is -0.377 e. The predicted octanol–water partition coefficient (Wildman–Crippen LogP) is 4.54. The fraction of sp³-hybridized carbons (Fsp3) is 0.455. The van der Waals surface area contributed by atoms with E-state index in [4.69, 9.17) is 23.7 Å². The van der Waals surface area contributed by atoms with Crippen molar-refractivity contribution in [3.8, 4) is 21.1 Å². The molecule has 1 atom stereocenters. The normalized spacial score (nSPS) is 20.5. The molecule has 0 saturated carbocycles. The summed E-state index contributed by atoms with van der Waals surface area (Å²) in [5, 5.41) is 4.19. The largest absolute Gasteiger partial charge is 0.377 e. The van der Waals surface area contributed by atoms with E-state index in [1.54, 1.807) is 22.7 Å². The Kier molecular flexibility index (Phi) is 8.51. The van der Waals surface area contributed by atoms with E-state index >= 15 is 0 Å². The molecule has 162 valence electrons. The van der Waals surface area contributed by atoms with E-state index < -0.39 is 0 Å². The van der Waals surface area contributed by atoms with E-state index in [2.05, 4.69) is 51.7 Å². The zero-order chi connectivity index (χ0) is 20.4. The molecule has 0 amide bonds. The van der Waals surface area contributed by atoms with Crippen molar-refractivity contribution in [1.29, 1.82) is 0 Å². The third kappa shape index (κ3) is 5.79. The SMILES string of the molecule is c1csc(-c2ccc(-c3cccs3)n2C2COCCOCCOCCOCCO2)c1. The Hall–Kier alpha value is -1.52. The Morgan fingerprint density at radius 3 is 1.63 bits per heavy atom. The minimum absolute atomic E-state index is 0.265. The number of hydrogen-bond donors (Lipinski definition) is 0. The van der Waals surface area contributed by atoms with Crippen LogP contribution in [-0.4, -0.2) is 64.0 Å². The van der Waals surface area contributed by atoms with Crippen molar-refractivity contribution in [2.75, 3.05) is 59.5 Å². The summed E-state index contributed by atoms with van der Waals surface area (Å²) < 4.78 is 31.2. The van der Waals surface area contributed by atoms with Gasteiger partial charge in [-0.25, -0.2) is 0 Å². The van der Waals surface area contributed by atoms with Crippen molar-refractivity contribution in [3.05, 3.63) is 47.2 Å². The van der Waals surface area contributed by atoms with Gasteiger partial charge in [-0.1, -0.05) is 12.1 Å². The van der Waals surface area contributed by atoms with Gasteiger partial charge in [0, 0.05) is 0 Å². The molecule has 4 heterocycles. The Bertz CT molecular complexity index is 779. The predicted molar refractivity (Wildman–Crippen MR) is 119 cm³/mol. The molecule has 0 N–H and O–H groups in total. The third-order valence-electron chi connectivity index (χ3n) is 4.67. The number of rotatable bonds is 3. The first kappa shape index (κ1) is 21.7. The van der Waals surface area contributed by atoms with Gasteiger partial charge in [-0.2, -0.15) is 0 Å². The Labute approximate surface area is 184 Å². The average Bonchev–Trinajstić information content (AvgIpc) is 3.52. The molecule has 8 heteroatoms. The first-order chi connectivity index (χ1) is 14.9.